The summed E-state index contributed by atoms with van der Waals surface area (Å²) in [7, 11) is -3.51. The summed E-state index contributed by atoms with van der Waals surface area (Å²) < 4.78 is 29.5. The van der Waals surface area contributed by atoms with Crippen LogP contribution in [0.15, 0.2) is 58.2 Å². The van der Waals surface area contributed by atoms with Gasteiger partial charge in [-0.25, -0.2) is 8.42 Å². The standard InChI is InChI=1S/C20H22N2O3S/c1-2-6-16-9-10-19(23)22-13-15-11-17(20(16)22)14-21(12-15)26(24,25)18-7-4-3-5-8-18/h2-10,15,17H,11-14H2,1H3/b6-2+/t15-,17+/m0/s1. The maximum Gasteiger partial charge on any atom is 0.250 e. The third-order valence-corrected chi connectivity index (χ3v) is 7.16. The maximum atomic E-state index is 13.1. The van der Waals surface area contributed by atoms with Crippen molar-refractivity contribution in [2.75, 3.05) is 13.1 Å². The van der Waals surface area contributed by atoms with Crippen LogP contribution in [0.2, 0.25) is 0 Å². The minimum atomic E-state index is -3.51. The number of benzene rings is 1. The molecule has 2 atom stereocenters. The van der Waals surface area contributed by atoms with Crippen LogP contribution in [0.5, 0.6) is 0 Å². The summed E-state index contributed by atoms with van der Waals surface area (Å²) >= 11 is 0. The van der Waals surface area contributed by atoms with Crippen LogP contribution in [-0.2, 0) is 16.6 Å². The summed E-state index contributed by atoms with van der Waals surface area (Å²) in [6.07, 6.45) is 4.87. The zero-order valence-corrected chi connectivity index (χ0v) is 15.5. The molecule has 0 aliphatic carbocycles. The topological polar surface area (TPSA) is 59.4 Å². The van der Waals surface area contributed by atoms with Gasteiger partial charge < -0.3 is 4.57 Å². The second-order valence-corrected chi connectivity index (χ2v) is 8.99. The summed E-state index contributed by atoms with van der Waals surface area (Å²) in [6, 6.07) is 12.0. The maximum absolute atomic E-state index is 13.1. The van der Waals surface area contributed by atoms with E-state index in [0.717, 1.165) is 17.7 Å². The summed E-state index contributed by atoms with van der Waals surface area (Å²) in [5.74, 6) is 0.208. The molecule has 2 aliphatic heterocycles. The Kier molecular flexibility index (Phi) is 4.32. The third-order valence-electron chi connectivity index (χ3n) is 5.32. The van der Waals surface area contributed by atoms with E-state index in [4.69, 9.17) is 0 Å². The van der Waals surface area contributed by atoms with E-state index in [-0.39, 0.29) is 17.4 Å². The molecule has 0 radical (unpaired) electrons. The van der Waals surface area contributed by atoms with Gasteiger partial charge in [0.2, 0.25) is 10.0 Å². The highest BCUT2D eigenvalue weighted by atomic mass is 32.2. The Morgan fingerprint density at radius 3 is 2.54 bits per heavy atom. The molecule has 3 heterocycles. The second-order valence-electron chi connectivity index (χ2n) is 7.06. The molecule has 4 rings (SSSR count). The first-order valence-corrected chi connectivity index (χ1v) is 10.4. The molecule has 2 aromatic rings. The average Bonchev–Trinajstić information content (AvgIpc) is 2.65. The first-order valence-electron chi connectivity index (χ1n) is 8.92. The Hall–Kier alpha value is -2.18. The lowest BCUT2D eigenvalue weighted by Crippen LogP contribution is -2.49. The van der Waals surface area contributed by atoms with E-state index in [1.165, 1.54) is 0 Å². The number of aromatic nitrogens is 1. The van der Waals surface area contributed by atoms with E-state index in [9.17, 15) is 13.2 Å². The van der Waals surface area contributed by atoms with Crippen LogP contribution in [-0.4, -0.2) is 30.4 Å². The summed E-state index contributed by atoms with van der Waals surface area (Å²) in [5.41, 5.74) is 1.98. The van der Waals surface area contributed by atoms with Crippen molar-refractivity contribution < 1.29 is 8.42 Å². The van der Waals surface area contributed by atoms with Gasteiger partial charge in [0.15, 0.2) is 0 Å². The van der Waals surface area contributed by atoms with Crippen molar-refractivity contribution >= 4 is 16.1 Å². The molecule has 2 bridgehead atoms. The predicted octanol–water partition coefficient (Wildman–Crippen LogP) is 2.69. The molecule has 136 valence electrons. The van der Waals surface area contributed by atoms with Crippen LogP contribution in [0.1, 0.15) is 30.5 Å². The van der Waals surface area contributed by atoms with E-state index >= 15 is 0 Å². The normalized spacial score (nSPS) is 23.1. The molecular weight excluding hydrogens is 348 g/mol. The molecule has 26 heavy (non-hydrogen) atoms. The average molecular weight is 370 g/mol. The van der Waals surface area contributed by atoms with Crippen LogP contribution in [0.4, 0.5) is 0 Å². The molecule has 0 amide bonds. The fourth-order valence-electron chi connectivity index (χ4n) is 4.26. The number of hydrogen-bond donors (Lipinski definition) is 0. The summed E-state index contributed by atoms with van der Waals surface area (Å²) in [6.45, 7) is 3.41. The highest BCUT2D eigenvalue weighted by Gasteiger charge is 2.40. The van der Waals surface area contributed by atoms with Gasteiger partial charge >= 0.3 is 0 Å². The second kappa shape index (κ2) is 6.52. The van der Waals surface area contributed by atoms with E-state index in [1.54, 1.807) is 34.6 Å². The molecule has 1 saturated heterocycles. The zero-order valence-electron chi connectivity index (χ0n) is 14.7. The van der Waals surface area contributed by atoms with E-state index < -0.39 is 10.0 Å². The zero-order chi connectivity index (χ0) is 18.3. The molecule has 0 unspecified atom stereocenters. The van der Waals surface area contributed by atoms with Crippen LogP contribution < -0.4 is 5.56 Å². The molecule has 0 spiro atoms. The Balaban J connectivity index is 1.75. The van der Waals surface area contributed by atoms with Gasteiger partial charge in [0.05, 0.1) is 4.90 Å². The fourth-order valence-corrected chi connectivity index (χ4v) is 5.84. The number of nitrogens with zero attached hydrogens (tertiary/aromatic N) is 2. The van der Waals surface area contributed by atoms with Gasteiger partial charge in [0.25, 0.3) is 5.56 Å². The number of fused-ring (bicyclic) bond motifs is 4. The number of sulfonamides is 1. The summed E-state index contributed by atoms with van der Waals surface area (Å²) in [4.78, 5) is 12.7. The minimum Gasteiger partial charge on any atom is -0.311 e. The van der Waals surface area contributed by atoms with Crippen molar-refractivity contribution in [3.63, 3.8) is 0 Å². The number of rotatable bonds is 3. The first kappa shape index (κ1) is 17.2. The van der Waals surface area contributed by atoms with Gasteiger partial charge in [-0.3, -0.25) is 4.79 Å². The Morgan fingerprint density at radius 1 is 1.04 bits per heavy atom. The van der Waals surface area contributed by atoms with Crippen molar-refractivity contribution in [2.45, 2.75) is 30.7 Å². The van der Waals surface area contributed by atoms with Crippen molar-refractivity contribution in [1.29, 1.82) is 0 Å². The van der Waals surface area contributed by atoms with E-state index in [1.807, 2.05) is 35.8 Å². The van der Waals surface area contributed by atoms with Gasteiger partial charge in [-0.1, -0.05) is 30.4 Å². The lowest BCUT2D eigenvalue weighted by Gasteiger charge is -2.42. The molecule has 6 heteroatoms. The molecule has 0 saturated carbocycles. The van der Waals surface area contributed by atoms with Crippen molar-refractivity contribution in [1.82, 2.24) is 8.87 Å². The van der Waals surface area contributed by atoms with Crippen molar-refractivity contribution in [2.24, 2.45) is 5.92 Å². The molecule has 1 fully saturated rings. The Morgan fingerprint density at radius 2 is 1.81 bits per heavy atom. The quantitative estimate of drug-likeness (QED) is 0.835. The number of pyridine rings is 1. The number of allylic oxidation sites excluding steroid dienone is 1. The molecule has 1 aromatic carbocycles. The third kappa shape index (κ3) is 2.83. The van der Waals surface area contributed by atoms with Crippen molar-refractivity contribution in [3.05, 3.63) is 70.2 Å². The van der Waals surface area contributed by atoms with Crippen LogP contribution in [0, 0.1) is 5.92 Å². The number of hydrogen-bond acceptors (Lipinski definition) is 3. The van der Waals surface area contributed by atoms with E-state index in [2.05, 4.69) is 0 Å². The Bertz CT molecular complexity index is 1010. The molecule has 0 N–H and O–H groups in total. The van der Waals surface area contributed by atoms with Crippen LogP contribution in [0.25, 0.3) is 6.08 Å². The fraction of sp³-hybridized carbons (Fsp3) is 0.350. The molecule has 1 aromatic heterocycles. The van der Waals surface area contributed by atoms with Crippen LogP contribution >= 0.6 is 0 Å². The van der Waals surface area contributed by atoms with E-state index in [0.29, 0.717) is 24.5 Å². The van der Waals surface area contributed by atoms with Gasteiger partial charge in [-0.05, 0) is 43.0 Å². The number of piperidine rings is 1. The lowest BCUT2D eigenvalue weighted by atomic mass is 9.82. The van der Waals surface area contributed by atoms with Gasteiger partial charge in [0.1, 0.15) is 0 Å². The Labute approximate surface area is 153 Å². The SMILES string of the molecule is C/C=C/c1ccc(=O)n2c1[C@@H]1C[C@@H](CN(S(=O)(=O)c3ccccc3)C1)C2. The largest absolute Gasteiger partial charge is 0.311 e. The van der Waals surface area contributed by atoms with Gasteiger partial charge in [0, 0.05) is 37.3 Å². The smallest absolute Gasteiger partial charge is 0.250 e. The molecular formula is C20H22N2O3S. The van der Waals surface area contributed by atoms with Crippen LogP contribution in [0.3, 0.4) is 0 Å². The summed E-state index contributed by atoms with van der Waals surface area (Å²) in [5, 5.41) is 0. The van der Waals surface area contributed by atoms with Crippen molar-refractivity contribution in [3.8, 4) is 0 Å². The monoisotopic (exact) mass is 370 g/mol. The highest BCUT2D eigenvalue weighted by Crippen LogP contribution is 2.38. The predicted molar refractivity (Wildman–Crippen MR) is 101 cm³/mol. The molecule has 5 nitrogen and oxygen atoms in total. The first-order chi connectivity index (χ1) is 12.5. The molecule has 2 aliphatic rings. The highest BCUT2D eigenvalue weighted by molar-refractivity contribution is 7.89. The van der Waals surface area contributed by atoms with Gasteiger partial charge in [-0.15, -0.1) is 0 Å². The van der Waals surface area contributed by atoms with Gasteiger partial charge in [-0.2, -0.15) is 4.31 Å². The minimum absolute atomic E-state index is 0.00215. The lowest BCUT2D eigenvalue weighted by molar-refractivity contribution is 0.186.